The van der Waals surface area contributed by atoms with E-state index in [1.54, 1.807) is 18.2 Å². The number of benzene rings is 2. The summed E-state index contributed by atoms with van der Waals surface area (Å²) in [5.74, 6) is -0.174. The number of hydrogen-bond acceptors (Lipinski definition) is 4. The third-order valence-electron chi connectivity index (χ3n) is 4.21. The second kappa shape index (κ2) is 8.22. The van der Waals surface area contributed by atoms with E-state index in [4.69, 9.17) is 5.73 Å². The van der Waals surface area contributed by atoms with E-state index in [0.29, 0.717) is 22.6 Å². The Morgan fingerprint density at radius 3 is 2.71 bits per heavy atom. The summed E-state index contributed by atoms with van der Waals surface area (Å²) < 4.78 is 0. The molecule has 5 N–H and O–H groups in total. The van der Waals surface area contributed by atoms with Gasteiger partial charge in [0.25, 0.3) is 0 Å². The van der Waals surface area contributed by atoms with Crippen molar-refractivity contribution in [3.8, 4) is 11.1 Å². The number of aryl methyl sites for hydroxylation is 1. The Labute approximate surface area is 162 Å². The molecule has 1 heterocycles. The van der Waals surface area contributed by atoms with Crippen LogP contribution in [0.2, 0.25) is 0 Å². The quantitative estimate of drug-likeness (QED) is 0.473. The molecule has 2 amide bonds. The van der Waals surface area contributed by atoms with E-state index < -0.39 is 5.91 Å². The fourth-order valence-electron chi connectivity index (χ4n) is 2.75. The number of nitrogens with zero attached hydrogens (tertiary/aromatic N) is 1. The van der Waals surface area contributed by atoms with Gasteiger partial charge in [-0.1, -0.05) is 25.6 Å². The van der Waals surface area contributed by atoms with E-state index in [1.165, 1.54) is 6.08 Å². The fraction of sp³-hybridized carbons (Fsp3) is 0.0952. The summed E-state index contributed by atoms with van der Waals surface area (Å²) in [6.07, 6.45) is 2.05. The Balaban J connectivity index is 1.99. The van der Waals surface area contributed by atoms with Gasteiger partial charge in [0.2, 0.25) is 11.8 Å². The number of aromatic nitrogens is 2. The number of nitrogens with one attached hydrogen (secondary N) is 3. The molecular formula is C21H21N5O2. The van der Waals surface area contributed by atoms with Gasteiger partial charge in [0, 0.05) is 34.3 Å². The third-order valence-corrected chi connectivity index (χ3v) is 4.21. The number of rotatable bonds is 7. The highest BCUT2D eigenvalue weighted by molar-refractivity contribution is 6.03. The van der Waals surface area contributed by atoms with Crippen molar-refractivity contribution in [2.45, 2.75) is 13.3 Å². The van der Waals surface area contributed by atoms with Crippen LogP contribution in [0.1, 0.15) is 23.0 Å². The number of amides is 2. The van der Waals surface area contributed by atoms with Gasteiger partial charge < -0.3 is 16.4 Å². The molecule has 0 spiro atoms. The molecule has 0 radical (unpaired) electrons. The van der Waals surface area contributed by atoms with Gasteiger partial charge >= 0.3 is 0 Å². The van der Waals surface area contributed by atoms with Gasteiger partial charge in [-0.15, -0.1) is 0 Å². The van der Waals surface area contributed by atoms with Crippen LogP contribution in [-0.2, 0) is 11.2 Å². The molecule has 0 saturated heterocycles. The molecule has 7 heteroatoms. The first-order valence-corrected chi connectivity index (χ1v) is 8.79. The van der Waals surface area contributed by atoms with Gasteiger partial charge in [0.15, 0.2) is 5.82 Å². The predicted octanol–water partition coefficient (Wildman–Crippen LogP) is 3.61. The highest BCUT2D eigenvalue weighted by atomic mass is 16.1. The Morgan fingerprint density at radius 2 is 2.04 bits per heavy atom. The van der Waals surface area contributed by atoms with Gasteiger partial charge in [-0.3, -0.25) is 14.7 Å². The molecule has 142 valence electrons. The Kier molecular flexibility index (Phi) is 5.55. The molecular weight excluding hydrogens is 354 g/mol. The smallest absolute Gasteiger partial charge is 0.248 e. The number of aromatic amines is 1. The minimum absolute atomic E-state index is 0.342. The summed E-state index contributed by atoms with van der Waals surface area (Å²) in [6.45, 7) is 5.51. The molecule has 3 rings (SSSR count). The van der Waals surface area contributed by atoms with Gasteiger partial charge in [-0.05, 0) is 48.4 Å². The van der Waals surface area contributed by atoms with Crippen molar-refractivity contribution in [2.75, 3.05) is 10.6 Å². The first kappa shape index (κ1) is 18.9. The predicted molar refractivity (Wildman–Crippen MR) is 110 cm³/mol. The van der Waals surface area contributed by atoms with E-state index in [-0.39, 0.29) is 5.91 Å². The zero-order chi connectivity index (χ0) is 20.1. The summed E-state index contributed by atoms with van der Waals surface area (Å²) in [5.41, 5.74) is 9.65. The first-order chi connectivity index (χ1) is 13.5. The van der Waals surface area contributed by atoms with Crippen molar-refractivity contribution in [1.82, 2.24) is 10.2 Å². The van der Waals surface area contributed by atoms with Crippen LogP contribution in [-0.4, -0.2) is 22.0 Å². The highest BCUT2D eigenvalue weighted by Crippen LogP contribution is 2.31. The molecule has 0 unspecified atom stereocenters. The maximum Gasteiger partial charge on any atom is 0.248 e. The van der Waals surface area contributed by atoms with Crippen LogP contribution in [0, 0.1) is 0 Å². The molecule has 0 bridgehead atoms. The molecule has 0 fully saturated rings. The van der Waals surface area contributed by atoms with Crippen LogP contribution >= 0.6 is 0 Å². The van der Waals surface area contributed by atoms with Crippen LogP contribution in [0.15, 0.2) is 61.2 Å². The van der Waals surface area contributed by atoms with Gasteiger partial charge in [0.05, 0.1) is 0 Å². The number of hydrogen-bond donors (Lipinski definition) is 4. The van der Waals surface area contributed by atoms with Crippen molar-refractivity contribution < 1.29 is 9.59 Å². The zero-order valence-electron chi connectivity index (χ0n) is 15.5. The van der Waals surface area contributed by atoms with Crippen molar-refractivity contribution >= 4 is 29.0 Å². The van der Waals surface area contributed by atoms with Crippen molar-refractivity contribution in [1.29, 1.82) is 0 Å². The highest BCUT2D eigenvalue weighted by Gasteiger charge is 2.12. The second-order valence-corrected chi connectivity index (χ2v) is 6.16. The number of carbonyl (C=O) groups excluding carboxylic acids is 2. The van der Waals surface area contributed by atoms with Crippen LogP contribution in [0.4, 0.5) is 17.2 Å². The molecule has 0 aliphatic carbocycles. The number of nitrogens with two attached hydrogens (primary N) is 1. The van der Waals surface area contributed by atoms with Crippen molar-refractivity contribution in [3.05, 3.63) is 72.4 Å². The summed E-state index contributed by atoms with van der Waals surface area (Å²) in [6, 6.07) is 14.4. The fourth-order valence-corrected chi connectivity index (χ4v) is 2.75. The van der Waals surface area contributed by atoms with E-state index >= 15 is 0 Å². The Hall–Kier alpha value is -3.87. The lowest BCUT2D eigenvalue weighted by Gasteiger charge is -2.13. The summed E-state index contributed by atoms with van der Waals surface area (Å²) in [7, 11) is 0. The molecule has 1 aromatic heterocycles. The minimum atomic E-state index is -0.541. The van der Waals surface area contributed by atoms with Crippen LogP contribution in [0.25, 0.3) is 11.1 Å². The van der Waals surface area contributed by atoms with Crippen molar-refractivity contribution in [3.63, 3.8) is 0 Å². The van der Waals surface area contributed by atoms with E-state index in [2.05, 4.69) is 27.4 Å². The van der Waals surface area contributed by atoms with Crippen molar-refractivity contribution in [2.24, 2.45) is 5.73 Å². The number of primary amides is 1. The van der Waals surface area contributed by atoms with Crippen LogP contribution in [0.5, 0.6) is 0 Å². The van der Waals surface area contributed by atoms with Gasteiger partial charge in [-0.25, -0.2) is 0 Å². The van der Waals surface area contributed by atoms with E-state index in [0.717, 1.165) is 23.4 Å². The Morgan fingerprint density at radius 1 is 1.21 bits per heavy atom. The molecule has 0 atom stereocenters. The molecule has 0 aliphatic rings. The lowest BCUT2D eigenvalue weighted by atomic mass is 10.00. The minimum Gasteiger partial charge on any atom is -0.366 e. The zero-order valence-corrected chi connectivity index (χ0v) is 15.5. The van der Waals surface area contributed by atoms with Gasteiger partial charge in [0.1, 0.15) is 0 Å². The Bertz CT molecular complexity index is 1040. The standard InChI is InChI=1S/C21H21N5O2/c1-3-15-12-19(26-25-15)23-16-7-5-6-13(10-16)17-11-14(21(22)28)8-9-18(17)24-20(27)4-2/h4-12H,2-3H2,1H3,(H2,22,28)(H,24,27)(H2,23,25,26). The van der Waals surface area contributed by atoms with E-state index in [1.807, 2.05) is 37.3 Å². The lowest BCUT2D eigenvalue weighted by molar-refractivity contribution is -0.111. The molecule has 3 aromatic rings. The largest absolute Gasteiger partial charge is 0.366 e. The second-order valence-electron chi connectivity index (χ2n) is 6.16. The number of carbonyl (C=O) groups is 2. The first-order valence-electron chi connectivity index (χ1n) is 8.79. The molecule has 28 heavy (non-hydrogen) atoms. The number of anilines is 3. The monoisotopic (exact) mass is 375 g/mol. The topological polar surface area (TPSA) is 113 Å². The van der Waals surface area contributed by atoms with Crippen LogP contribution in [0.3, 0.4) is 0 Å². The molecule has 0 saturated carbocycles. The molecule has 2 aromatic carbocycles. The van der Waals surface area contributed by atoms with Crippen LogP contribution < -0.4 is 16.4 Å². The summed E-state index contributed by atoms with van der Waals surface area (Å²) in [5, 5.41) is 13.2. The normalized spacial score (nSPS) is 10.3. The number of H-pyrrole nitrogens is 1. The lowest BCUT2D eigenvalue weighted by Crippen LogP contribution is -2.13. The van der Waals surface area contributed by atoms with Gasteiger partial charge in [-0.2, -0.15) is 5.10 Å². The summed E-state index contributed by atoms with van der Waals surface area (Å²) >= 11 is 0. The average molecular weight is 375 g/mol. The molecule has 0 aliphatic heterocycles. The molecule has 7 nitrogen and oxygen atoms in total. The third kappa shape index (κ3) is 4.27. The maximum absolute atomic E-state index is 11.8. The maximum atomic E-state index is 11.8. The SMILES string of the molecule is C=CC(=O)Nc1ccc(C(N)=O)cc1-c1cccc(Nc2cc(CC)[nH]n2)c1. The van der Waals surface area contributed by atoms with E-state index in [9.17, 15) is 9.59 Å². The summed E-state index contributed by atoms with van der Waals surface area (Å²) in [4.78, 5) is 23.4. The average Bonchev–Trinajstić information content (AvgIpc) is 3.15.